The summed E-state index contributed by atoms with van der Waals surface area (Å²) >= 11 is 0. The van der Waals surface area contributed by atoms with E-state index in [-0.39, 0.29) is 18.4 Å². The predicted octanol–water partition coefficient (Wildman–Crippen LogP) is 2.55. The van der Waals surface area contributed by atoms with Crippen LogP contribution in [0.5, 0.6) is 0 Å². The molecule has 6 nitrogen and oxygen atoms in total. The largest absolute Gasteiger partial charge is 0.349 e. The third-order valence-corrected chi connectivity index (χ3v) is 3.88. The molecule has 0 aliphatic heterocycles. The summed E-state index contributed by atoms with van der Waals surface area (Å²) in [5.74, 6) is -0.521. The fourth-order valence-corrected chi connectivity index (χ4v) is 2.43. The van der Waals surface area contributed by atoms with Gasteiger partial charge in [-0.15, -0.1) is 0 Å². The van der Waals surface area contributed by atoms with Crippen molar-refractivity contribution in [3.63, 3.8) is 0 Å². The van der Waals surface area contributed by atoms with Crippen molar-refractivity contribution in [2.24, 2.45) is 0 Å². The van der Waals surface area contributed by atoms with Crippen molar-refractivity contribution < 1.29 is 14.4 Å². The molecule has 1 heterocycles. The smallest absolute Gasteiger partial charge is 0.252 e. The fraction of sp³-hybridized carbons (Fsp3) is 0.579. The summed E-state index contributed by atoms with van der Waals surface area (Å²) < 4.78 is 0. The topological polar surface area (TPSA) is 88.2 Å². The summed E-state index contributed by atoms with van der Waals surface area (Å²) in [7, 11) is 0. The second-order valence-electron chi connectivity index (χ2n) is 6.06. The van der Waals surface area contributed by atoms with Crippen LogP contribution in [0.15, 0.2) is 24.5 Å². The Labute approximate surface area is 149 Å². The van der Waals surface area contributed by atoms with Crippen molar-refractivity contribution in [3.05, 3.63) is 30.1 Å². The molecule has 1 aromatic rings. The molecule has 1 aromatic heterocycles. The van der Waals surface area contributed by atoms with Crippen molar-refractivity contribution >= 4 is 18.1 Å². The first-order valence-electron chi connectivity index (χ1n) is 9.02. The molecule has 1 radical (unpaired) electrons. The summed E-state index contributed by atoms with van der Waals surface area (Å²) in [4.78, 5) is 38.5. The monoisotopic (exact) mass is 346 g/mol. The lowest BCUT2D eigenvalue weighted by molar-refractivity contribution is -0.121. The van der Waals surface area contributed by atoms with Gasteiger partial charge in [-0.3, -0.25) is 19.4 Å². The van der Waals surface area contributed by atoms with Gasteiger partial charge in [-0.05, 0) is 18.6 Å². The number of rotatable bonds is 13. The first kappa shape index (κ1) is 20.8. The molecule has 0 aliphatic carbocycles. The SMILES string of the molecule is CCCCCCCCCC(=O)NC([C]=O)CNC(=O)c1cccnc1. The van der Waals surface area contributed by atoms with Crippen LogP contribution < -0.4 is 10.6 Å². The molecule has 0 spiro atoms. The number of carbonyl (C=O) groups is 2. The van der Waals surface area contributed by atoms with Crippen LogP contribution in [0, 0.1) is 0 Å². The summed E-state index contributed by atoms with van der Waals surface area (Å²) in [5, 5.41) is 5.19. The minimum absolute atomic E-state index is 0.0139. The van der Waals surface area contributed by atoms with Crippen LogP contribution in [0.4, 0.5) is 0 Å². The van der Waals surface area contributed by atoms with E-state index in [0.29, 0.717) is 12.0 Å². The molecular weight excluding hydrogens is 318 g/mol. The zero-order valence-electron chi connectivity index (χ0n) is 14.9. The minimum Gasteiger partial charge on any atom is -0.349 e. The number of hydrogen-bond donors (Lipinski definition) is 2. The van der Waals surface area contributed by atoms with Crippen molar-refractivity contribution in [2.45, 2.75) is 64.3 Å². The van der Waals surface area contributed by atoms with Crippen molar-refractivity contribution in [1.82, 2.24) is 15.6 Å². The molecule has 2 N–H and O–H groups in total. The van der Waals surface area contributed by atoms with E-state index in [2.05, 4.69) is 22.5 Å². The lowest BCUT2D eigenvalue weighted by atomic mass is 10.1. The van der Waals surface area contributed by atoms with E-state index in [1.165, 1.54) is 31.9 Å². The zero-order valence-corrected chi connectivity index (χ0v) is 14.9. The summed E-state index contributed by atoms with van der Waals surface area (Å²) in [6, 6.07) is 2.45. The van der Waals surface area contributed by atoms with Gasteiger partial charge in [0.1, 0.15) is 6.04 Å². The summed E-state index contributed by atoms with van der Waals surface area (Å²) in [6.07, 6.45) is 13.1. The number of aromatic nitrogens is 1. The molecule has 0 saturated carbocycles. The Hall–Kier alpha value is -2.24. The van der Waals surface area contributed by atoms with Crippen LogP contribution in [0.1, 0.15) is 68.6 Å². The van der Waals surface area contributed by atoms with Crippen LogP contribution >= 0.6 is 0 Å². The maximum atomic E-state index is 11.9. The Morgan fingerprint density at radius 2 is 1.88 bits per heavy atom. The first-order valence-corrected chi connectivity index (χ1v) is 9.02. The third-order valence-electron chi connectivity index (χ3n) is 3.88. The van der Waals surface area contributed by atoms with E-state index < -0.39 is 6.04 Å². The van der Waals surface area contributed by atoms with E-state index in [4.69, 9.17) is 0 Å². The molecule has 1 rings (SSSR count). The number of carbonyl (C=O) groups excluding carboxylic acids is 3. The Bertz CT molecular complexity index is 520. The lowest BCUT2D eigenvalue weighted by Gasteiger charge is -2.13. The molecule has 137 valence electrons. The van der Waals surface area contributed by atoms with Gasteiger partial charge in [-0.1, -0.05) is 45.4 Å². The Morgan fingerprint density at radius 3 is 2.52 bits per heavy atom. The molecule has 1 unspecified atom stereocenters. The highest BCUT2D eigenvalue weighted by Crippen LogP contribution is 2.08. The Morgan fingerprint density at radius 1 is 1.16 bits per heavy atom. The van der Waals surface area contributed by atoms with Gasteiger partial charge in [0.05, 0.1) is 5.56 Å². The van der Waals surface area contributed by atoms with E-state index in [0.717, 1.165) is 19.3 Å². The molecule has 6 heteroatoms. The molecular formula is C19H28N3O3. The van der Waals surface area contributed by atoms with Crippen LogP contribution in [0.2, 0.25) is 0 Å². The minimum atomic E-state index is -0.835. The van der Waals surface area contributed by atoms with Crippen LogP contribution in [0.3, 0.4) is 0 Å². The number of nitrogens with zero attached hydrogens (tertiary/aromatic N) is 1. The zero-order chi connectivity index (χ0) is 18.3. The average molecular weight is 346 g/mol. The van der Waals surface area contributed by atoms with Crippen LogP contribution in [-0.4, -0.2) is 35.7 Å². The van der Waals surface area contributed by atoms with E-state index in [9.17, 15) is 14.4 Å². The first-order chi connectivity index (χ1) is 12.2. The number of pyridine rings is 1. The number of unbranched alkanes of at least 4 members (excludes halogenated alkanes) is 6. The maximum absolute atomic E-state index is 11.9. The van der Waals surface area contributed by atoms with Gasteiger partial charge < -0.3 is 10.6 Å². The van der Waals surface area contributed by atoms with Crippen LogP contribution in [0.25, 0.3) is 0 Å². The van der Waals surface area contributed by atoms with E-state index in [1.807, 2.05) is 0 Å². The van der Waals surface area contributed by atoms with Crippen molar-refractivity contribution in [3.8, 4) is 0 Å². The fourth-order valence-electron chi connectivity index (χ4n) is 2.43. The van der Waals surface area contributed by atoms with Gasteiger partial charge in [0, 0.05) is 25.4 Å². The molecule has 25 heavy (non-hydrogen) atoms. The number of nitrogens with one attached hydrogen (secondary N) is 2. The third kappa shape index (κ3) is 9.59. The maximum Gasteiger partial charge on any atom is 0.252 e. The van der Waals surface area contributed by atoms with Gasteiger partial charge in [-0.2, -0.15) is 0 Å². The highest BCUT2D eigenvalue weighted by Gasteiger charge is 2.14. The van der Waals surface area contributed by atoms with Gasteiger partial charge in [0.2, 0.25) is 12.2 Å². The van der Waals surface area contributed by atoms with Gasteiger partial charge in [0.15, 0.2) is 0 Å². The standard InChI is InChI=1S/C19H28N3O3/c1-2-3-4-5-6-7-8-11-18(24)22-17(15-23)14-21-19(25)16-10-9-12-20-13-16/h9-10,12-13,17H,2-8,11,14H2,1H3,(H,21,25)(H,22,24). The number of amides is 2. The second kappa shape index (κ2) is 13.1. The molecule has 0 aromatic carbocycles. The van der Waals surface area contributed by atoms with Gasteiger partial charge in [-0.25, -0.2) is 0 Å². The van der Waals surface area contributed by atoms with Gasteiger partial charge >= 0.3 is 0 Å². The highest BCUT2D eigenvalue weighted by atomic mass is 16.2. The molecule has 0 fully saturated rings. The Kier molecular flexibility index (Phi) is 10.9. The normalized spacial score (nSPS) is 11.6. The van der Waals surface area contributed by atoms with Gasteiger partial charge in [0.25, 0.3) is 5.91 Å². The molecule has 0 bridgehead atoms. The second-order valence-corrected chi connectivity index (χ2v) is 6.06. The highest BCUT2D eigenvalue weighted by molar-refractivity contribution is 5.94. The molecule has 1 atom stereocenters. The number of hydrogen-bond acceptors (Lipinski definition) is 4. The van der Waals surface area contributed by atoms with Crippen molar-refractivity contribution in [1.29, 1.82) is 0 Å². The van der Waals surface area contributed by atoms with Crippen molar-refractivity contribution in [2.75, 3.05) is 6.54 Å². The van der Waals surface area contributed by atoms with E-state index in [1.54, 1.807) is 24.6 Å². The molecule has 2 amide bonds. The average Bonchev–Trinajstić information content (AvgIpc) is 2.64. The quantitative estimate of drug-likeness (QED) is 0.537. The van der Waals surface area contributed by atoms with Crippen LogP contribution in [-0.2, 0) is 9.59 Å². The lowest BCUT2D eigenvalue weighted by Crippen LogP contribution is -2.44. The summed E-state index contributed by atoms with van der Waals surface area (Å²) in [5.41, 5.74) is 0.404. The summed E-state index contributed by atoms with van der Waals surface area (Å²) in [6.45, 7) is 2.20. The molecule has 0 saturated heterocycles. The molecule has 0 aliphatic rings. The predicted molar refractivity (Wildman–Crippen MR) is 96.8 cm³/mol. The van der Waals surface area contributed by atoms with E-state index >= 15 is 0 Å². The Balaban J connectivity index is 2.18.